The number of piperazine rings is 1. The van der Waals surface area contributed by atoms with E-state index in [2.05, 4.69) is 37.6 Å². The molecule has 1 unspecified atom stereocenters. The van der Waals surface area contributed by atoms with E-state index in [4.69, 9.17) is 0 Å². The zero-order chi connectivity index (χ0) is 15.6. The van der Waals surface area contributed by atoms with Crippen molar-refractivity contribution >= 4 is 0 Å². The van der Waals surface area contributed by atoms with E-state index in [-0.39, 0.29) is 0 Å². The molecule has 0 N–H and O–H groups in total. The quantitative estimate of drug-likeness (QED) is 0.499. The summed E-state index contributed by atoms with van der Waals surface area (Å²) in [6.45, 7) is 12.2. The van der Waals surface area contributed by atoms with E-state index in [1.54, 1.807) is 0 Å². The number of hydrogen-bond donors (Lipinski definition) is 0. The van der Waals surface area contributed by atoms with Crippen molar-refractivity contribution in [1.82, 2.24) is 9.80 Å². The lowest BCUT2D eigenvalue weighted by molar-refractivity contribution is 0.0357. The van der Waals surface area contributed by atoms with Crippen LogP contribution in [-0.2, 0) is 0 Å². The van der Waals surface area contributed by atoms with Gasteiger partial charge in [-0.05, 0) is 26.8 Å². The van der Waals surface area contributed by atoms with Crippen molar-refractivity contribution in [2.75, 3.05) is 33.2 Å². The highest BCUT2D eigenvalue weighted by Crippen LogP contribution is 2.30. The third-order valence-corrected chi connectivity index (χ3v) is 5.40. The van der Waals surface area contributed by atoms with Crippen LogP contribution in [0.15, 0.2) is 0 Å². The lowest BCUT2D eigenvalue weighted by atomic mass is 9.86. The maximum absolute atomic E-state index is 2.81. The molecule has 0 radical (unpaired) electrons. The Kier molecular flexibility index (Phi) is 9.59. The molecule has 0 bridgehead atoms. The summed E-state index contributed by atoms with van der Waals surface area (Å²) in [5.74, 6) is 0. The number of hydrogen-bond acceptors (Lipinski definition) is 2. The van der Waals surface area contributed by atoms with Crippen molar-refractivity contribution in [3.8, 4) is 0 Å². The summed E-state index contributed by atoms with van der Waals surface area (Å²) in [4.78, 5) is 5.28. The number of nitrogens with zero attached hydrogens (tertiary/aromatic N) is 2. The van der Waals surface area contributed by atoms with Crippen LogP contribution in [0.5, 0.6) is 0 Å². The Morgan fingerprint density at radius 3 is 1.76 bits per heavy atom. The van der Waals surface area contributed by atoms with Gasteiger partial charge >= 0.3 is 0 Å². The van der Waals surface area contributed by atoms with Crippen molar-refractivity contribution in [2.45, 2.75) is 90.5 Å². The molecule has 126 valence electrons. The normalized spacial score (nSPS) is 20.6. The molecule has 1 rings (SSSR count). The summed E-state index contributed by atoms with van der Waals surface area (Å²) >= 11 is 0. The van der Waals surface area contributed by atoms with Crippen LogP contribution in [0.25, 0.3) is 0 Å². The number of rotatable bonds is 11. The second-order valence-electron chi connectivity index (χ2n) is 7.41. The molecule has 1 fully saturated rings. The summed E-state index contributed by atoms with van der Waals surface area (Å²) in [6.07, 6.45) is 14.0. The van der Waals surface area contributed by atoms with Crippen molar-refractivity contribution in [1.29, 1.82) is 0 Å². The van der Waals surface area contributed by atoms with Gasteiger partial charge in [0.15, 0.2) is 0 Å². The van der Waals surface area contributed by atoms with Gasteiger partial charge in [0, 0.05) is 31.7 Å². The second-order valence-corrected chi connectivity index (χ2v) is 7.41. The Morgan fingerprint density at radius 1 is 0.714 bits per heavy atom. The lowest BCUT2D eigenvalue weighted by Crippen LogP contribution is -2.55. The molecule has 2 heteroatoms. The SMILES string of the molecule is CCCCCCCC(C)(CCCCC)N1CCN(C)CC1. The summed E-state index contributed by atoms with van der Waals surface area (Å²) in [6, 6.07) is 0. The Balaban J connectivity index is 2.44. The summed E-state index contributed by atoms with van der Waals surface area (Å²) < 4.78 is 0. The smallest absolute Gasteiger partial charge is 0.0182 e. The predicted molar refractivity (Wildman–Crippen MR) is 95.0 cm³/mol. The molecule has 1 aliphatic rings. The predicted octanol–water partition coefficient (Wildman–Crippen LogP) is 4.93. The van der Waals surface area contributed by atoms with E-state index < -0.39 is 0 Å². The van der Waals surface area contributed by atoms with Gasteiger partial charge in [0.25, 0.3) is 0 Å². The first kappa shape index (κ1) is 19.0. The van der Waals surface area contributed by atoms with Crippen LogP contribution in [0, 0.1) is 0 Å². The first-order chi connectivity index (χ1) is 10.1. The van der Waals surface area contributed by atoms with Gasteiger partial charge in [0.05, 0.1) is 0 Å². The first-order valence-electron chi connectivity index (χ1n) is 9.56. The molecule has 0 aromatic heterocycles. The highest BCUT2D eigenvalue weighted by Gasteiger charge is 2.32. The van der Waals surface area contributed by atoms with Crippen LogP contribution >= 0.6 is 0 Å². The van der Waals surface area contributed by atoms with Gasteiger partial charge in [0.1, 0.15) is 0 Å². The minimum absolute atomic E-state index is 0.461. The Morgan fingerprint density at radius 2 is 1.19 bits per heavy atom. The van der Waals surface area contributed by atoms with Gasteiger partial charge in [-0.1, -0.05) is 65.2 Å². The molecule has 0 spiro atoms. The van der Waals surface area contributed by atoms with E-state index in [1.165, 1.54) is 90.4 Å². The zero-order valence-corrected chi connectivity index (χ0v) is 15.3. The van der Waals surface area contributed by atoms with Crippen molar-refractivity contribution in [2.24, 2.45) is 0 Å². The Labute approximate surface area is 134 Å². The third kappa shape index (κ3) is 7.15. The molecule has 0 saturated carbocycles. The maximum Gasteiger partial charge on any atom is 0.0182 e. The van der Waals surface area contributed by atoms with Crippen LogP contribution in [0.1, 0.15) is 85.0 Å². The molecule has 0 amide bonds. The minimum Gasteiger partial charge on any atom is -0.304 e. The van der Waals surface area contributed by atoms with Crippen LogP contribution in [0.4, 0.5) is 0 Å². The molecular weight excluding hydrogens is 256 g/mol. The van der Waals surface area contributed by atoms with E-state index in [9.17, 15) is 0 Å². The van der Waals surface area contributed by atoms with Crippen LogP contribution in [-0.4, -0.2) is 48.6 Å². The van der Waals surface area contributed by atoms with E-state index in [0.717, 1.165) is 0 Å². The van der Waals surface area contributed by atoms with Gasteiger partial charge in [-0.15, -0.1) is 0 Å². The van der Waals surface area contributed by atoms with Crippen molar-refractivity contribution in [3.63, 3.8) is 0 Å². The Hall–Kier alpha value is -0.0800. The fourth-order valence-electron chi connectivity index (χ4n) is 3.65. The highest BCUT2D eigenvalue weighted by atomic mass is 15.3. The summed E-state index contributed by atoms with van der Waals surface area (Å²) in [5.41, 5.74) is 0.461. The highest BCUT2D eigenvalue weighted by molar-refractivity contribution is 4.89. The standard InChI is InChI=1S/C19H40N2/c1-5-7-9-10-12-14-19(3,13-11-8-6-2)21-17-15-20(4)16-18-21/h5-18H2,1-4H3. The fourth-order valence-corrected chi connectivity index (χ4v) is 3.65. The molecule has 21 heavy (non-hydrogen) atoms. The van der Waals surface area contributed by atoms with Gasteiger partial charge in [-0.3, -0.25) is 4.90 Å². The van der Waals surface area contributed by atoms with Crippen molar-refractivity contribution in [3.05, 3.63) is 0 Å². The first-order valence-corrected chi connectivity index (χ1v) is 9.56. The molecule has 0 aromatic carbocycles. The maximum atomic E-state index is 2.81. The van der Waals surface area contributed by atoms with E-state index >= 15 is 0 Å². The van der Waals surface area contributed by atoms with Crippen molar-refractivity contribution < 1.29 is 0 Å². The summed E-state index contributed by atoms with van der Waals surface area (Å²) in [7, 11) is 2.26. The van der Waals surface area contributed by atoms with Crippen LogP contribution in [0.2, 0.25) is 0 Å². The van der Waals surface area contributed by atoms with Crippen LogP contribution < -0.4 is 0 Å². The van der Waals surface area contributed by atoms with E-state index in [0.29, 0.717) is 5.54 Å². The molecule has 1 heterocycles. The topological polar surface area (TPSA) is 6.48 Å². The molecule has 2 nitrogen and oxygen atoms in total. The lowest BCUT2D eigenvalue weighted by Gasteiger charge is -2.46. The molecule has 0 aromatic rings. The van der Waals surface area contributed by atoms with Gasteiger partial charge in [0.2, 0.25) is 0 Å². The molecule has 1 saturated heterocycles. The van der Waals surface area contributed by atoms with Gasteiger partial charge < -0.3 is 4.90 Å². The number of unbranched alkanes of at least 4 members (excludes halogenated alkanes) is 6. The second kappa shape index (κ2) is 10.6. The average molecular weight is 297 g/mol. The minimum atomic E-state index is 0.461. The Bertz CT molecular complexity index is 246. The third-order valence-electron chi connectivity index (χ3n) is 5.40. The van der Waals surface area contributed by atoms with Crippen LogP contribution in [0.3, 0.4) is 0 Å². The van der Waals surface area contributed by atoms with Gasteiger partial charge in [-0.2, -0.15) is 0 Å². The van der Waals surface area contributed by atoms with Gasteiger partial charge in [-0.25, -0.2) is 0 Å². The molecule has 1 atom stereocenters. The number of likely N-dealkylation sites (N-methyl/N-ethyl adjacent to an activating group) is 1. The average Bonchev–Trinajstić information content (AvgIpc) is 2.48. The summed E-state index contributed by atoms with van der Waals surface area (Å²) in [5, 5.41) is 0. The molecule has 1 aliphatic heterocycles. The monoisotopic (exact) mass is 296 g/mol. The fraction of sp³-hybridized carbons (Fsp3) is 1.00. The zero-order valence-electron chi connectivity index (χ0n) is 15.3. The molecule has 0 aliphatic carbocycles. The largest absolute Gasteiger partial charge is 0.304 e. The van der Waals surface area contributed by atoms with E-state index in [1.807, 2.05) is 0 Å². The molecular formula is C19H40N2.